The first kappa shape index (κ1) is 12.2. The van der Waals surface area contributed by atoms with Crippen molar-refractivity contribution in [1.29, 1.82) is 0 Å². The zero-order valence-electron chi connectivity index (χ0n) is 9.13. The van der Waals surface area contributed by atoms with Gasteiger partial charge in [0.05, 0.1) is 0 Å². The van der Waals surface area contributed by atoms with Crippen LogP contribution in [0.1, 0.15) is 5.56 Å². The molecule has 1 aromatic carbocycles. The van der Waals surface area contributed by atoms with Gasteiger partial charge in [0.1, 0.15) is 0 Å². The fraction of sp³-hybridized carbons (Fsp3) is 0.250. The molecule has 0 unspecified atom stereocenters. The Morgan fingerprint density at radius 3 is 3.06 bits per heavy atom. The molecule has 1 rings (SSSR count). The predicted molar refractivity (Wildman–Crippen MR) is 59.8 cm³/mol. The van der Waals surface area contributed by atoms with Gasteiger partial charge >= 0.3 is 0 Å². The van der Waals surface area contributed by atoms with Crippen LogP contribution >= 0.6 is 0 Å². The van der Waals surface area contributed by atoms with Crippen LogP contribution < -0.4 is 10.1 Å². The first-order valence-electron chi connectivity index (χ1n) is 4.90. The molecular formula is C12H14FNO2. The van der Waals surface area contributed by atoms with Gasteiger partial charge in [0, 0.05) is 6.54 Å². The molecule has 0 spiro atoms. The van der Waals surface area contributed by atoms with Gasteiger partial charge in [0.2, 0.25) is 0 Å². The van der Waals surface area contributed by atoms with Gasteiger partial charge in [-0.05, 0) is 18.6 Å². The molecule has 0 heterocycles. The normalized spacial score (nSPS) is 9.62. The maximum Gasteiger partial charge on any atom is 0.258 e. The minimum absolute atomic E-state index is 0.0914. The largest absolute Gasteiger partial charge is 0.481 e. The third kappa shape index (κ3) is 3.38. The van der Waals surface area contributed by atoms with Gasteiger partial charge in [-0.3, -0.25) is 4.79 Å². The molecule has 0 aliphatic rings. The minimum Gasteiger partial charge on any atom is -0.481 e. The van der Waals surface area contributed by atoms with Gasteiger partial charge in [-0.25, -0.2) is 4.39 Å². The smallest absolute Gasteiger partial charge is 0.258 e. The number of nitrogens with one attached hydrogen (secondary N) is 1. The predicted octanol–water partition coefficient (Wildman–Crippen LogP) is 1.82. The Labute approximate surface area is 93.9 Å². The Bertz CT molecular complexity index is 391. The third-order valence-corrected chi connectivity index (χ3v) is 1.96. The molecule has 1 aromatic rings. The van der Waals surface area contributed by atoms with Crippen LogP contribution in [-0.2, 0) is 4.79 Å². The van der Waals surface area contributed by atoms with Crippen molar-refractivity contribution in [3.8, 4) is 5.75 Å². The van der Waals surface area contributed by atoms with Gasteiger partial charge in [-0.1, -0.05) is 18.2 Å². The van der Waals surface area contributed by atoms with E-state index in [-0.39, 0.29) is 18.3 Å². The van der Waals surface area contributed by atoms with Crippen molar-refractivity contribution in [2.24, 2.45) is 0 Å². The Morgan fingerprint density at radius 1 is 1.62 bits per heavy atom. The average molecular weight is 223 g/mol. The van der Waals surface area contributed by atoms with Crippen molar-refractivity contribution in [3.05, 3.63) is 42.2 Å². The standard InChI is InChI=1S/C12H14FNO2/c1-3-7-14-11(15)8-16-10-6-4-5-9(2)12(10)13/h3-6H,1,7-8H2,2H3,(H,14,15). The number of benzene rings is 1. The van der Waals surface area contributed by atoms with Crippen molar-refractivity contribution in [3.63, 3.8) is 0 Å². The second-order valence-electron chi connectivity index (χ2n) is 3.27. The summed E-state index contributed by atoms with van der Waals surface area (Å²) < 4.78 is 18.5. The second kappa shape index (κ2) is 5.90. The average Bonchev–Trinajstić information content (AvgIpc) is 2.28. The van der Waals surface area contributed by atoms with E-state index in [4.69, 9.17) is 4.74 Å². The monoisotopic (exact) mass is 223 g/mol. The molecule has 0 bridgehead atoms. The van der Waals surface area contributed by atoms with Crippen molar-refractivity contribution in [2.75, 3.05) is 13.2 Å². The Balaban J connectivity index is 2.51. The zero-order valence-corrected chi connectivity index (χ0v) is 9.13. The van der Waals surface area contributed by atoms with Crippen molar-refractivity contribution < 1.29 is 13.9 Å². The van der Waals surface area contributed by atoms with E-state index in [0.29, 0.717) is 12.1 Å². The van der Waals surface area contributed by atoms with E-state index in [1.807, 2.05) is 0 Å². The van der Waals surface area contributed by atoms with Crippen molar-refractivity contribution in [2.45, 2.75) is 6.92 Å². The molecule has 0 radical (unpaired) electrons. The van der Waals surface area contributed by atoms with Crippen LogP contribution in [0.3, 0.4) is 0 Å². The molecule has 0 saturated heterocycles. The Hall–Kier alpha value is -1.84. The summed E-state index contributed by atoms with van der Waals surface area (Å²) in [4.78, 5) is 11.2. The molecule has 1 amide bonds. The van der Waals surface area contributed by atoms with Gasteiger partial charge in [-0.2, -0.15) is 0 Å². The molecule has 0 aromatic heterocycles. The van der Waals surface area contributed by atoms with Crippen LogP contribution in [0.4, 0.5) is 4.39 Å². The Kier molecular flexibility index (Phi) is 4.51. The molecule has 0 saturated carbocycles. The van der Waals surface area contributed by atoms with Gasteiger partial charge in [-0.15, -0.1) is 6.58 Å². The molecule has 16 heavy (non-hydrogen) atoms. The van der Waals surface area contributed by atoms with E-state index >= 15 is 0 Å². The fourth-order valence-corrected chi connectivity index (χ4v) is 1.11. The summed E-state index contributed by atoms with van der Waals surface area (Å²) in [6, 6.07) is 4.80. The van der Waals surface area contributed by atoms with E-state index in [1.165, 1.54) is 6.07 Å². The first-order chi connectivity index (χ1) is 7.65. The van der Waals surface area contributed by atoms with Crippen LogP contribution in [0.2, 0.25) is 0 Å². The number of hydrogen-bond acceptors (Lipinski definition) is 2. The lowest BCUT2D eigenvalue weighted by molar-refractivity contribution is -0.122. The van der Waals surface area contributed by atoms with Gasteiger partial charge in [0.15, 0.2) is 18.2 Å². The number of amides is 1. The number of halogens is 1. The van der Waals surface area contributed by atoms with Crippen LogP contribution in [0, 0.1) is 12.7 Å². The van der Waals surface area contributed by atoms with Crippen LogP contribution in [0.5, 0.6) is 5.75 Å². The maximum atomic E-state index is 13.4. The zero-order chi connectivity index (χ0) is 12.0. The lowest BCUT2D eigenvalue weighted by Gasteiger charge is -2.08. The number of carbonyl (C=O) groups is 1. The highest BCUT2D eigenvalue weighted by atomic mass is 19.1. The summed E-state index contributed by atoms with van der Waals surface area (Å²) in [5.74, 6) is -0.645. The third-order valence-electron chi connectivity index (χ3n) is 1.96. The molecule has 3 nitrogen and oxygen atoms in total. The van der Waals surface area contributed by atoms with Crippen molar-refractivity contribution >= 4 is 5.91 Å². The highest BCUT2D eigenvalue weighted by molar-refractivity contribution is 5.77. The summed E-state index contributed by atoms with van der Waals surface area (Å²) in [5.41, 5.74) is 0.490. The SMILES string of the molecule is C=CCNC(=O)COc1cccc(C)c1F. The number of carbonyl (C=O) groups excluding carboxylic acids is 1. The van der Waals surface area contributed by atoms with E-state index in [1.54, 1.807) is 25.1 Å². The summed E-state index contributed by atoms with van der Waals surface area (Å²) in [6.07, 6.45) is 1.56. The molecule has 0 aliphatic heterocycles. The lowest BCUT2D eigenvalue weighted by atomic mass is 10.2. The summed E-state index contributed by atoms with van der Waals surface area (Å²) in [6.45, 7) is 5.27. The molecule has 0 fully saturated rings. The molecule has 1 N–H and O–H groups in total. The molecule has 4 heteroatoms. The topological polar surface area (TPSA) is 38.3 Å². The van der Waals surface area contributed by atoms with E-state index in [9.17, 15) is 9.18 Å². The number of rotatable bonds is 5. The molecule has 0 aliphatic carbocycles. The van der Waals surface area contributed by atoms with E-state index in [0.717, 1.165) is 0 Å². The van der Waals surface area contributed by atoms with Crippen LogP contribution in [0.15, 0.2) is 30.9 Å². The van der Waals surface area contributed by atoms with Crippen molar-refractivity contribution in [1.82, 2.24) is 5.32 Å². The maximum absolute atomic E-state index is 13.4. The second-order valence-corrected chi connectivity index (χ2v) is 3.27. The molecule has 86 valence electrons. The minimum atomic E-state index is -0.431. The quantitative estimate of drug-likeness (QED) is 0.773. The highest BCUT2D eigenvalue weighted by Crippen LogP contribution is 2.19. The number of hydrogen-bond donors (Lipinski definition) is 1. The molecular weight excluding hydrogens is 209 g/mol. The number of aryl methyl sites for hydroxylation is 1. The highest BCUT2D eigenvalue weighted by Gasteiger charge is 2.07. The molecule has 0 atom stereocenters. The van der Waals surface area contributed by atoms with Crippen LogP contribution in [-0.4, -0.2) is 19.1 Å². The summed E-state index contributed by atoms with van der Waals surface area (Å²) in [5, 5.41) is 2.53. The first-order valence-corrected chi connectivity index (χ1v) is 4.90. The summed E-state index contributed by atoms with van der Waals surface area (Å²) >= 11 is 0. The van der Waals surface area contributed by atoms with Gasteiger partial charge < -0.3 is 10.1 Å². The van der Waals surface area contributed by atoms with E-state index < -0.39 is 5.82 Å². The summed E-state index contributed by atoms with van der Waals surface area (Å²) in [7, 11) is 0. The fourth-order valence-electron chi connectivity index (χ4n) is 1.11. The van der Waals surface area contributed by atoms with E-state index in [2.05, 4.69) is 11.9 Å². The number of ether oxygens (including phenoxy) is 1. The lowest BCUT2D eigenvalue weighted by Crippen LogP contribution is -2.28. The van der Waals surface area contributed by atoms with Crippen LogP contribution in [0.25, 0.3) is 0 Å². The van der Waals surface area contributed by atoms with Gasteiger partial charge in [0.25, 0.3) is 5.91 Å². The Morgan fingerprint density at radius 2 is 2.38 bits per heavy atom.